The van der Waals surface area contributed by atoms with E-state index in [1.807, 2.05) is 60.7 Å². The first-order valence-corrected chi connectivity index (χ1v) is 9.40. The summed E-state index contributed by atoms with van der Waals surface area (Å²) in [5.41, 5.74) is 2.23. The largest absolute Gasteiger partial charge is 0.379 e. The minimum absolute atomic E-state index is 0.0625. The molecule has 1 aliphatic rings. The second-order valence-corrected chi connectivity index (χ2v) is 7.11. The van der Waals surface area contributed by atoms with Crippen LogP contribution in [0.3, 0.4) is 0 Å². The standard InChI is InChI=1S/C24H25NO/c26-24(21-13-6-2-7-14-21,22-15-8-3-9-16-22)23-17-10-18-25(23)19-20-11-4-1-5-12-20/h1-9,11-16,23,26H,10,17-19H2. The number of benzene rings is 3. The minimum Gasteiger partial charge on any atom is -0.379 e. The second kappa shape index (κ2) is 7.45. The number of hydrogen-bond donors (Lipinski definition) is 1. The lowest BCUT2D eigenvalue weighted by molar-refractivity contribution is -0.00653. The van der Waals surface area contributed by atoms with E-state index in [4.69, 9.17) is 0 Å². The van der Waals surface area contributed by atoms with E-state index in [-0.39, 0.29) is 6.04 Å². The molecule has 0 spiro atoms. The first kappa shape index (κ1) is 17.0. The number of hydrogen-bond acceptors (Lipinski definition) is 2. The maximum Gasteiger partial charge on any atom is 0.130 e. The van der Waals surface area contributed by atoms with Gasteiger partial charge < -0.3 is 5.11 Å². The van der Waals surface area contributed by atoms with Crippen molar-refractivity contribution in [2.24, 2.45) is 0 Å². The molecule has 0 bridgehead atoms. The quantitative estimate of drug-likeness (QED) is 0.732. The highest BCUT2D eigenvalue weighted by Crippen LogP contribution is 2.40. The van der Waals surface area contributed by atoms with E-state index in [9.17, 15) is 5.11 Å². The molecule has 1 atom stereocenters. The van der Waals surface area contributed by atoms with Crippen molar-refractivity contribution >= 4 is 0 Å². The van der Waals surface area contributed by atoms with Crippen molar-refractivity contribution < 1.29 is 5.11 Å². The molecule has 0 aromatic heterocycles. The maximum atomic E-state index is 12.1. The number of nitrogens with zero attached hydrogens (tertiary/aromatic N) is 1. The van der Waals surface area contributed by atoms with Crippen molar-refractivity contribution in [3.05, 3.63) is 108 Å². The molecule has 132 valence electrons. The van der Waals surface area contributed by atoms with E-state index in [1.54, 1.807) is 0 Å². The van der Waals surface area contributed by atoms with Gasteiger partial charge in [-0.3, -0.25) is 4.90 Å². The third-order valence-corrected chi connectivity index (χ3v) is 5.50. The number of aliphatic hydroxyl groups is 1. The summed E-state index contributed by atoms with van der Waals surface area (Å²) >= 11 is 0. The Morgan fingerprint density at radius 3 is 1.81 bits per heavy atom. The molecule has 0 amide bonds. The van der Waals surface area contributed by atoms with Crippen LogP contribution in [0.1, 0.15) is 29.5 Å². The van der Waals surface area contributed by atoms with Crippen LogP contribution in [0.25, 0.3) is 0 Å². The van der Waals surface area contributed by atoms with Gasteiger partial charge >= 0.3 is 0 Å². The summed E-state index contributed by atoms with van der Waals surface area (Å²) in [6, 6.07) is 30.9. The van der Waals surface area contributed by atoms with Crippen LogP contribution in [0.5, 0.6) is 0 Å². The van der Waals surface area contributed by atoms with Crippen molar-refractivity contribution in [2.45, 2.75) is 31.0 Å². The third kappa shape index (κ3) is 3.18. The molecule has 0 saturated carbocycles. The van der Waals surface area contributed by atoms with E-state index in [0.29, 0.717) is 0 Å². The van der Waals surface area contributed by atoms with Crippen molar-refractivity contribution in [1.29, 1.82) is 0 Å². The summed E-state index contributed by atoms with van der Waals surface area (Å²) in [6.07, 6.45) is 2.10. The highest BCUT2D eigenvalue weighted by atomic mass is 16.3. The Morgan fingerprint density at radius 1 is 0.769 bits per heavy atom. The van der Waals surface area contributed by atoms with Crippen LogP contribution in [0.15, 0.2) is 91.0 Å². The minimum atomic E-state index is -1.01. The Kier molecular flexibility index (Phi) is 4.87. The van der Waals surface area contributed by atoms with E-state index < -0.39 is 5.60 Å². The Bertz CT molecular complexity index is 777. The molecule has 1 unspecified atom stereocenters. The topological polar surface area (TPSA) is 23.5 Å². The van der Waals surface area contributed by atoms with Crippen LogP contribution in [0.4, 0.5) is 0 Å². The van der Waals surface area contributed by atoms with Crippen LogP contribution >= 0.6 is 0 Å². The molecule has 3 aromatic carbocycles. The van der Waals surface area contributed by atoms with E-state index in [1.165, 1.54) is 5.56 Å². The Labute approximate surface area is 155 Å². The Hall–Kier alpha value is -2.42. The zero-order valence-electron chi connectivity index (χ0n) is 15.0. The molecule has 1 saturated heterocycles. The van der Waals surface area contributed by atoms with E-state index in [2.05, 4.69) is 35.2 Å². The molecule has 26 heavy (non-hydrogen) atoms. The molecule has 4 rings (SSSR count). The van der Waals surface area contributed by atoms with Crippen LogP contribution in [0, 0.1) is 0 Å². The summed E-state index contributed by atoms with van der Waals surface area (Å²) in [7, 11) is 0. The van der Waals surface area contributed by atoms with Gasteiger partial charge in [0.05, 0.1) is 0 Å². The monoisotopic (exact) mass is 343 g/mol. The van der Waals surface area contributed by atoms with Gasteiger partial charge in [-0.1, -0.05) is 91.0 Å². The van der Waals surface area contributed by atoms with Gasteiger partial charge in [-0.05, 0) is 36.1 Å². The Morgan fingerprint density at radius 2 is 1.27 bits per heavy atom. The predicted octanol–water partition coefficient (Wildman–Crippen LogP) is 4.59. The third-order valence-electron chi connectivity index (χ3n) is 5.50. The summed E-state index contributed by atoms with van der Waals surface area (Å²) in [6.45, 7) is 1.88. The smallest absolute Gasteiger partial charge is 0.130 e. The first-order valence-electron chi connectivity index (χ1n) is 9.40. The first-order chi connectivity index (χ1) is 12.8. The summed E-state index contributed by atoms with van der Waals surface area (Å²) in [5, 5.41) is 12.1. The predicted molar refractivity (Wildman–Crippen MR) is 106 cm³/mol. The summed E-state index contributed by atoms with van der Waals surface area (Å²) in [4.78, 5) is 2.44. The zero-order valence-corrected chi connectivity index (χ0v) is 15.0. The number of rotatable bonds is 5. The van der Waals surface area contributed by atoms with Crippen LogP contribution in [-0.2, 0) is 12.1 Å². The molecule has 1 aliphatic heterocycles. The lowest BCUT2D eigenvalue weighted by atomic mass is 9.79. The van der Waals surface area contributed by atoms with Crippen molar-refractivity contribution in [1.82, 2.24) is 4.90 Å². The second-order valence-electron chi connectivity index (χ2n) is 7.11. The molecule has 1 N–H and O–H groups in total. The SMILES string of the molecule is OC(c1ccccc1)(c1ccccc1)C1CCCN1Cc1ccccc1. The maximum absolute atomic E-state index is 12.1. The van der Waals surface area contributed by atoms with Gasteiger partial charge in [0.1, 0.15) is 5.60 Å². The van der Waals surface area contributed by atoms with Gasteiger partial charge in [0.2, 0.25) is 0 Å². The molecule has 2 heteroatoms. The van der Waals surface area contributed by atoms with Crippen LogP contribution < -0.4 is 0 Å². The molecule has 1 heterocycles. The number of likely N-dealkylation sites (tertiary alicyclic amines) is 1. The zero-order chi connectivity index (χ0) is 17.8. The Balaban J connectivity index is 1.74. The van der Waals surface area contributed by atoms with Crippen LogP contribution in [-0.4, -0.2) is 22.6 Å². The van der Waals surface area contributed by atoms with Crippen LogP contribution in [0.2, 0.25) is 0 Å². The van der Waals surface area contributed by atoms with Crippen molar-refractivity contribution in [2.75, 3.05) is 6.54 Å². The van der Waals surface area contributed by atoms with Gasteiger partial charge in [0, 0.05) is 12.6 Å². The van der Waals surface area contributed by atoms with Gasteiger partial charge in [-0.15, -0.1) is 0 Å². The van der Waals surface area contributed by atoms with Gasteiger partial charge in [-0.25, -0.2) is 0 Å². The van der Waals surface area contributed by atoms with Crippen molar-refractivity contribution in [3.63, 3.8) is 0 Å². The molecular weight excluding hydrogens is 318 g/mol. The summed E-state index contributed by atoms with van der Waals surface area (Å²) in [5.74, 6) is 0. The van der Waals surface area contributed by atoms with Gasteiger partial charge in [0.25, 0.3) is 0 Å². The molecule has 0 aliphatic carbocycles. The lowest BCUT2D eigenvalue weighted by Crippen LogP contribution is -2.48. The van der Waals surface area contributed by atoms with Gasteiger partial charge in [0.15, 0.2) is 0 Å². The average Bonchev–Trinajstić information content (AvgIpc) is 3.18. The van der Waals surface area contributed by atoms with Gasteiger partial charge in [-0.2, -0.15) is 0 Å². The fourth-order valence-corrected chi connectivity index (χ4v) is 4.24. The van der Waals surface area contributed by atoms with E-state index in [0.717, 1.165) is 37.1 Å². The molecule has 1 fully saturated rings. The molecule has 2 nitrogen and oxygen atoms in total. The lowest BCUT2D eigenvalue weighted by Gasteiger charge is -2.40. The van der Waals surface area contributed by atoms with Crippen molar-refractivity contribution in [3.8, 4) is 0 Å². The highest BCUT2D eigenvalue weighted by Gasteiger charge is 2.45. The molecular formula is C24H25NO. The highest BCUT2D eigenvalue weighted by molar-refractivity contribution is 5.38. The normalized spacial score (nSPS) is 18.1. The fraction of sp³-hybridized carbons (Fsp3) is 0.250. The summed E-state index contributed by atoms with van der Waals surface area (Å²) < 4.78 is 0. The molecule has 0 radical (unpaired) electrons. The van der Waals surface area contributed by atoms with E-state index >= 15 is 0 Å². The fourth-order valence-electron chi connectivity index (χ4n) is 4.24. The average molecular weight is 343 g/mol. The molecule has 3 aromatic rings.